The predicted molar refractivity (Wildman–Crippen MR) is 43.4 cm³/mol. The van der Waals surface area contributed by atoms with Gasteiger partial charge in [-0.25, -0.2) is 9.59 Å². The second-order valence-corrected chi connectivity index (χ2v) is 3.62. The first-order chi connectivity index (χ1) is 5.83. The van der Waals surface area contributed by atoms with Crippen LogP contribution in [0.2, 0.25) is 0 Å². The van der Waals surface area contributed by atoms with Gasteiger partial charge in [0.25, 0.3) is 0 Å². The zero-order valence-electron chi connectivity index (χ0n) is 7.23. The van der Waals surface area contributed by atoms with Crippen molar-refractivity contribution in [2.45, 2.75) is 24.9 Å². The van der Waals surface area contributed by atoms with E-state index in [9.17, 15) is 9.59 Å². The average molecular weight is 188 g/mol. The molecule has 0 saturated carbocycles. The first-order valence-corrected chi connectivity index (χ1v) is 3.85. The number of rotatable bonds is 1. The molecular weight excluding hydrogens is 176 g/mol. The first kappa shape index (κ1) is 9.79. The number of likely N-dealkylation sites (tertiary alicyclic amines) is 1. The second-order valence-electron chi connectivity index (χ2n) is 3.62. The summed E-state index contributed by atoms with van der Waals surface area (Å²) in [4.78, 5) is 22.1. The molecule has 0 unspecified atom stereocenters. The van der Waals surface area contributed by atoms with E-state index in [1.54, 1.807) is 6.92 Å². The van der Waals surface area contributed by atoms with Crippen molar-refractivity contribution < 1.29 is 19.8 Å². The minimum Gasteiger partial charge on any atom is -0.480 e. The Morgan fingerprint density at radius 3 is 2.38 bits per heavy atom. The molecule has 6 nitrogen and oxygen atoms in total. The van der Waals surface area contributed by atoms with Crippen molar-refractivity contribution in [3.05, 3.63) is 0 Å². The van der Waals surface area contributed by atoms with Crippen molar-refractivity contribution in [3.63, 3.8) is 0 Å². The fourth-order valence-corrected chi connectivity index (χ4v) is 1.54. The fraction of sp³-hybridized carbons (Fsp3) is 0.714. The zero-order valence-corrected chi connectivity index (χ0v) is 7.23. The molecule has 6 heteroatoms. The van der Waals surface area contributed by atoms with Gasteiger partial charge in [-0.05, 0) is 13.3 Å². The lowest BCUT2D eigenvalue weighted by Crippen LogP contribution is -2.41. The van der Waals surface area contributed by atoms with Crippen LogP contribution in [0, 0.1) is 0 Å². The molecule has 2 atom stereocenters. The van der Waals surface area contributed by atoms with E-state index >= 15 is 0 Å². The van der Waals surface area contributed by atoms with Gasteiger partial charge in [0.05, 0.1) is 0 Å². The third kappa shape index (κ3) is 1.89. The van der Waals surface area contributed by atoms with E-state index in [2.05, 4.69) is 0 Å². The SMILES string of the molecule is C[C@@]1(N)C[C@@H](C(=O)O)N(C(=O)O)C1. The minimum atomic E-state index is -1.23. The molecular formula is C7H12N2O4. The molecule has 1 aliphatic rings. The first-order valence-electron chi connectivity index (χ1n) is 3.85. The lowest BCUT2D eigenvalue weighted by atomic mass is 10.0. The Balaban J connectivity index is 2.83. The van der Waals surface area contributed by atoms with Gasteiger partial charge < -0.3 is 15.9 Å². The normalized spacial score (nSPS) is 33.4. The number of nitrogens with zero attached hydrogens (tertiary/aromatic N) is 1. The van der Waals surface area contributed by atoms with Crippen LogP contribution in [-0.4, -0.2) is 45.3 Å². The van der Waals surface area contributed by atoms with Crippen LogP contribution in [0.1, 0.15) is 13.3 Å². The average Bonchev–Trinajstić information content (AvgIpc) is 2.26. The summed E-state index contributed by atoms with van der Waals surface area (Å²) < 4.78 is 0. The molecule has 0 aliphatic carbocycles. The summed E-state index contributed by atoms with van der Waals surface area (Å²) in [5, 5.41) is 17.4. The third-order valence-electron chi connectivity index (χ3n) is 2.10. The van der Waals surface area contributed by atoms with Crippen molar-refractivity contribution in [2.75, 3.05) is 6.54 Å². The van der Waals surface area contributed by atoms with E-state index in [-0.39, 0.29) is 13.0 Å². The largest absolute Gasteiger partial charge is 0.480 e. The molecule has 0 radical (unpaired) electrons. The highest BCUT2D eigenvalue weighted by atomic mass is 16.4. The van der Waals surface area contributed by atoms with E-state index in [1.165, 1.54) is 0 Å². The van der Waals surface area contributed by atoms with Gasteiger partial charge in [0.2, 0.25) is 0 Å². The lowest BCUT2D eigenvalue weighted by molar-refractivity contribution is -0.141. The number of carboxylic acid groups (broad SMARTS) is 2. The van der Waals surface area contributed by atoms with Crippen molar-refractivity contribution in [3.8, 4) is 0 Å². The van der Waals surface area contributed by atoms with Crippen molar-refractivity contribution in [2.24, 2.45) is 5.73 Å². The van der Waals surface area contributed by atoms with Crippen LogP contribution in [0.3, 0.4) is 0 Å². The Kier molecular flexibility index (Phi) is 2.17. The maximum atomic E-state index is 10.6. The standard InChI is InChI=1S/C7H12N2O4/c1-7(8)2-4(5(10)11)9(3-7)6(12)13/h4H,2-3,8H2,1H3,(H,10,11)(H,12,13)/t4-,7+/m0/s1. The van der Waals surface area contributed by atoms with Gasteiger partial charge in [-0.1, -0.05) is 0 Å². The zero-order chi connectivity index (χ0) is 10.2. The van der Waals surface area contributed by atoms with Gasteiger partial charge in [0.1, 0.15) is 6.04 Å². The van der Waals surface area contributed by atoms with Crippen LogP contribution >= 0.6 is 0 Å². The van der Waals surface area contributed by atoms with E-state index in [4.69, 9.17) is 15.9 Å². The number of carboxylic acids is 1. The fourth-order valence-electron chi connectivity index (χ4n) is 1.54. The van der Waals surface area contributed by atoms with E-state index in [0.717, 1.165) is 4.90 Å². The Morgan fingerprint density at radius 1 is 1.54 bits per heavy atom. The van der Waals surface area contributed by atoms with Gasteiger partial charge in [-0.2, -0.15) is 0 Å². The van der Waals surface area contributed by atoms with Crippen molar-refractivity contribution >= 4 is 12.1 Å². The number of carbonyl (C=O) groups is 2. The predicted octanol–water partition coefficient (Wildman–Crippen LogP) is -0.459. The summed E-state index contributed by atoms with van der Waals surface area (Å²) in [5.41, 5.74) is 4.93. The van der Waals surface area contributed by atoms with Crippen LogP contribution in [0.25, 0.3) is 0 Å². The van der Waals surface area contributed by atoms with Gasteiger partial charge >= 0.3 is 12.1 Å². The molecule has 74 valence electrons. The van der Waals surface area contributed by atoms with Crippen molar-refractivity contribution in [1.29, 1.82) is 0 Å². The van der Waals surface area contributed by atoms with E-state index in [0.29, 0.717) is 0 Å². The van der Waals surface area contributed by atoms with Crippen molar-refractivity contribution in [1.82, 2.24) is 4.90 Å². The van der Waals surface area contributed by atoms with Crippen LogP contribution < -0.4 is 5.73 Å². The summed E-state index contributed by atoms with van der Waals surface area (Å²) in [6.45, 7) is 1.71. The molecule has 0 aromatic heterocycles. The molecule has 1 saturated heterocycles. The highest BCUT2D eigenvalue weighted by Gasteiger charge is 2.44. The summed E-state index contributed by atoms with van der Waals surface area (Å²) in [5.74, 6) is -1.14. The number of nitrogens with two attached hydrogens (primary N) is 1. The molecule has 0 aromatic rings. The van der Waals surface area contributed by atoms with E-state index in [1.807, 2.05) is 0 Å². The van der Waals surface area contributed by atoms with Crippen LogP contribution in [0.5, 0.6) is 0 Å². The van der Waals surface area contributed by atoms with E-state index < -0.39 is 23.6 Å². The molecule has 1 heterocycles. The lowest BCUT2D eigenvalue weighted by Gasteiger charge is -2.17. The summed E-state index contributed by atoms with van der Waals surface area (Å²) in [6.07, 6.45) is -1.07. The Bertz CT molecular complexity index is 227. The Morgan fingerprint density at radius 2 is 2.08 bits per heavy atom. The summed E-state index contributed by atoms with van der Waals surface area (Å²) in [6, 6.07) is -1.01. The van der Waals surface area contributed by atoms with Gasteiger partial charge in [-0.3, -0.25) is 4.90 Å². The maximum absolute atomic E-state index is 10.6. The highest BCUT2D eigenvalue weighted by Crippen LogP contribution is 2.24. The molecule has 13 heavy (non-hydrogen) atoms. The molecule has 0 bridgehead atoms. The number of aliphatic carboxylic acids is 1. The highest BCUT2D eigenvalue weighted by molar-refractivity contribution is 5.80. The molecule has 1 fully saturated rings. The third-order valence-corrected chi connectivity index (χ3v) is 2.10. The monoisotopic (exact) mass is 188 g/mol. The molecule has 1 amide bonds. The minimum absolute atomic E-state index is 0.0688. The van der Waals surface area contributed by atoms with Crippen LogP contribution in [0.4, 0.5) is 4.79 Å². The maximum Gasteiger partial charge on any atom is 0.408 e. The van der Waals surface area contributed by atoms with Gasteiger partial charge in [0, 0.05) is 12.1 Å². The molecule has 1 aliphatic heterocycles. The Hall–Kier alpha value is -1.30. The molecule has 0 spiro atoms. The van der Waals surface area contributed by atoms with Gasteiger partial charge in [0.15, 0.2) is 0 Å². The second kappa shape index (κ2) is 2.88. The quantitative estimate of drug-likeness (QED) is 0.516. The molecule has 4 N–H and O–H groups in total. The summed E-state index contributed by atoms with van der Waals surface area (Å²) >= 11 is 0. The van der Waals surface area contributed by atoms with Crippen LogP contribution in [0.15, 0.2) is 0 Å². The Labute approximate surface area is 74.9 Å². The van der Waals surface area contributed by atoms with Crippen LogP contribution in [-0.2, 0) is 4.79 Å². The smallest absolute Gasteiger partial charge is 0.408 e. The number of hydrogen-bond acceptors (Lipinski definition) is 3. The molecule has 1 rings (SSSR count). The topological polar surface area (TPSA) is 104 Å². The van der Waals surface area contributed by atoms with Gasteiger partial charge in [-0.15, -0.1) is 0 Å². The number of amides is 1. The number of hydrogen-bond donors (Lipinski definition) is 3. The summed E-state index contributed by atoms with van der Waals surface area (Å²) in [7, 11) is 0. The molecule has 0 aromatic carbocycles.